The minimum atomic E-state index is -0.245. The van der Waals surface area contributed by atoms with Crippen LogP contribution < -0.4 is 20.1 Å². The fourth-order valence-corrected chi connectivity index (χ4v) is 2.56. The van der Waals surface area contributed by atoms with Crippen LogP contribution in [0.15, 0.2) is 42.5 Å². The molecule has 2 amide bonds. The van der Waals surface area contributed by atoms with Gasteiger partial charge in [0.15, 0.2) is 0 Å². The van der Waals surface area contributed by atoms with E-state index in [2.05, 4.69) is 10.6 Å². The Labute approximate surface area is 152 Å². The molecule has 6 heteroatoms. The minimum Gasteiger partial charge on any atom is -0.497 e. The molecule has 0 radical (unpaired) electrons. The number of carbonyl (C=O) groups excluding carboxylic acids is 2. The number of nitrogens with one attached hydrogen (secondary N) is 2. The van der Waals surface area contributed by atoms with E-state index in [0.29, 0.717) is 29.3 Å². The summed E-state index contributed by atoms with van der Waals surface area (Å²) in [5, 5.41) is 5.74. The van der Waals surface area contributed by atoms with E-state index in [1.807, 2.05) is 12.1 Å². The molecule has 0 bridgehead atoms. The van der Waals surface area contributed by atoms with Gasteiger partial charge in [-0.15, -0.1) is 0 Å². The zero-order chi connectivity index (χ0) is 18.5. The summed E-state index contributed by atoms with van der Waals surface area (Å²) in [6.07, 6.45) is 1.97. The van der Waals surface area contributed by atoms with Gasteiger partial charge < -0.3 is 20.1 Å². The predicted octanol–water partition coefficient (Wildman–Crippen LogP) is 2.98. The molecule has 136 valence electrons. The first-order chi connectivity index (χ1) is 12.6. The highest BCUT2D eigenvalue weighted by Crippen LogP contribution is 2.30. The Kier molecular flexibility index (Phi) is 5.41. The van der Waals surface area contributed by atoms with Crippen molar-refractivity contribution < 1.29 is 19.1 Å². The second-order valence-electron chi connectivity index (χ2n) is 6.21. The van der Waals surface area contributed by atoms with Crippen molar-refractivity contribution in [2.75, 3.05) is 19.5 Å². The Bertz CT molecular complexity index is 798. The van der Waals surface area contributed by atoms with Crippen LogP contribution in [0.25, 0.3) is 0 Å². The quantitative estimate of drug-likeness (QED) is 0.801. The molecule has 2 N–H and O–H groups in total. The Morgan fingerprint density at radius 2 is 1.77 bits per heavy atom. The van der Waals surface area contributed by atoms with Gasteiger partial charge in [0, 0.05) is 24.1 Å². The van der Waals surface area contributed by atoms with Gasteiger partial charge in [-0.2, -0.15) is 0 Å². The molecule has 0 aromatic heterocycles. The van der Waals surface area contributed by atoms with E-state index < -0.39 is 0 Å². The maximum absolute atomic E-state index is 12.5. The lowest BCUT2D eigenvalue weighted by Gasteiger charge is -2.12. The number of amides is 2. The zero-order valence-corrected chi connectivity index (χ0v) is 14.9. The first kappa shape index (κ1) is 17.8. The largest absolute Gasteiger partial charge is 0.497 e. The van der Waals surface area contributed by atoms with Crippen molar-refractivity contribution in [1.82, 2.24) is 5.32 Å². The van der Waals surface area contributed by atoms with Gasteiger partial charge in [-0.25, -0.2) is 0 Å². The highest BCUT2D eigenvalue weighted by Gasteiger charge is 2.29. The monoisotopic (exact) mass is 354 g/mol. The van der Waals surface area contributed by atoms with Crippen LogP contribution in [0.2, 0.25) is 0 Å². The lowest BCUT2D eigenvalue weighted by atomic mass is 10.1. The maximum atomic E-state index is 12.5. The van der Waals surface area contributed by atoms with E-state index >= 15 is 0 Å². The highest BCUT2D eigenvalue weighted by molar-refractivity contribution is 6.05. The number of carbonyl (C=O) groups is 2. The fraction of sp³-hybridized carbons (Fsp3) is 0.300. The highest BCUT2D eigenvalue weighted by atomic mass is 16.5. The summed E-state index contributed by atoms with van der Waals surface area (Å²) in [4.78, 5) is 24.2. The molecule has 0 atom stereocenters. The third-order valence-electron chi connectivity index (χ3n) is 4.29. The second-order valence-corrected chi connectivity index (χ2v) is 6.21. The van der Waals surface area contributed by atoms with Gasteiger partial charge in [0.2, 0.25) is 5.91 Å². The molecule has 26 heavy (non-hydrogen) atoms. The number of methoxy groups -OCH3 is 2. The fourth-order valence-electron chi connectivity index (χ4n) is 2.56. The predicted molar refractivity (Wildman–Crippen MR) is 98.5 cm³/mol. The van der Waals surface area contributed by atoms with Crippen LogP contribution in [0.4, 0.5) is 5.69 Å². The number of benzene rings is 2. The Hall–Kier alpha value is -3.02. The van der Waals surface area contributed by atoms with Crippen LogP contribution in [0.3, 0.4) is 0 Å². The Morgan fingerprint density at radius 3 is 2.38 bits per heavy atom. The molecular formula is C20H22N2O4. The lowest BCUT2D eigenvalue weighted by Crippen LogP contribution is -2.24. The van der Waals surface area contributed by atoms with Crippen LogP contribution in [0.5, 0.6) is 11.5 Å². The molecule has 1 aliphatic rings. The summed E-state index contributed by atoms with van der Waals surface area (Å²) >= 11 is 0. The van der Waals surface area contributed by atoms with E-state index in [0.717, 1.165) is 18.4 Å². The van der Waals surface area contributed by atoms with E-state index in [4.69, 9.17) is 9.47 Å². The van der Waals surface area contributed by atoms with E-state index in [1.165, 1.54) is 0 Å². The van der Waals surface area contributed by atoms with Crippen molar-refractivity contribution in [3.63, 3.8) is 0 Å². The number of hydrogen-bond acceptors (Lipinski definition) is 4. The third-order valence-corrected chi connectivity index (χ3v) is 4.29. The third kappa shape index (κ3) is 4.33. The standard InChI is InChI=1S/C20H22N2O4/c1-25-16-9-10-18(26-2)17(11-16)22-20(24)15-5-3-13(4-6-15)12-21-19(23)14-7-8-14/h3-6,9-11,14H,7-8,12H2,1-2H3,(H,21,23)(H,22,24). The van der Waals surface area contributed by atoms with Crippen molar-refractivity contribution >= 4 is 17.5 Å². The minimum absolute atomic E-state index is 0.108. The summed E-state index contributed by atoms with van der Waals surface area (Å²) < 4.78 is 10.5. The molecule has 2 aromatic carbocycles. The summed E-state index contributed by atoms with van der Waals surface area (Å²) in [7, 11) is 3.11. The van der Waals surface area contributed by atoms with Crippen LogP contribution in [-0.2, 0) is 11.3 Å². The molecule has 1 saturated carbocycles. The molecule has 2 aromatic rings. The molecule has 0 aliphatic heterocycles. The summed E-state index contributed by atoms with van der Waals surface area (Å²) in [6.45, 7) is 0.473. The SMILES string of the molecule is COc1ccc(OC)c(NC(=O)c2ccc(CNC(=O)C3CC3)cc2)c1. The van der Waals surface area contributed by atoms with Gasteiger partial charge in [0.05, 0.1) is 19.9 Å². The van der Waals surface area contributed by atoms with Gasteiger partial charge >= 0.3 is 0 Å². The Balaban J connectivity index is 1.63. The Morgan fingerprint density at radius 1 is 1.04 bits per heavy atom. The van der Waals surface area contributed by atoms with E-state index in [9.17, 15) is 9.59 Å². The van der Waals surface area contributed by atoms with Crippen LogP contribution in [0.1, 0.15) is 28.8 Å². The van der Waals surface area contributed by atoms with Crippen molar-refractivity contribution in [1.29, 1.82) is 0 Å². The number of anilines is 1. The van der Waals surface area contributed by atoms with Gasteiger partial charge in [-0.05, 0) is 42.7 Å². The first-order valence-electron chi connectivity index (χ1n) is 8.50. The van der Waals surface area contributed by atoms with Gasteiger partial charge in [-0.1, -0.05) is 12.1 Å². The summed E-state index contributed by atoms with van der Waals surface area (Å²) in [5.74, 6) is 1.24. The smallest absolute Gasteiger partial charge is 0.255 e. The van der Waals surface area contributed by atoms with Crippen LogP contribution >= 0.6 is 0 Å². The van der Waals surface area contributed by atoms with Crippen LogP contribution in [-0.4, -0.2) is 26.0 Å². The average Bonchev–Trinajstić information content (AvgIpc) is 3.51. The van der Waals surface area contributed by atoms with Crippen LogP contribution in [0, 0.1) is 5.92 Å². The molecular weight excluding hydrogens is 332 g/mol. The molecule has 0 unspecified atom stereocenters. The van der Waals surface area contributed by atoms with Crippen molar-refractivity contribution in [2.45, 2.75) is 19.4 Å². The molecule has 0 heterocycles. The summed E-state index contributed by atoms with van der Waals surface area (Å²) in [5.41, 5.74) is 2.01. The average molecular weight is 354 g/mol. The van der Waals surface area contributed by atoms with Crippen molar-refractivity contribution in [3.8, 4) is 11.5 Å². The van der Waals surface area contributed by atoms with E-state index in [-0.39, 0.29) is 17.7 Å². The topological polar surface area (TPSA) is 76.7 Å². The number of rotatable bonds is 7. The number of hydrogen-bond donors (Lipinski definition) is 2. The molecule has 1 fully saturated rings. The normalized spacial score (nSPS) is 13.0. The zero-order valence-electron chi connectivity index (χ0n) is 14.9. The molecule has 0 spiro atoms. The van der Waals surface area contributed by atoms with Crippen molar-refractivity contribution in [3.05, 3.63) is 53.6 Å². The molecule has 6 nitrogen and oxygen atoms in total. The maximum Gasteiger partial charge on any atom is 0.255 e. The second kappa shape index (κ2) is 7.91. The van der Waals surface area contributed by atoms with Gasteiger partial charge in [0.25, 0.3) is 5.91 Å². The van der Waals surface area contributed by atoms with Gasteiger partial charge in [-0.3, -0.25) is 9.59 Å². The summed E-state index contributed by atoms with van der Waals surface area (Å²) in [6, 6.07) is 12.4. The first-order valence-corrected chi connectivity index (χ1v) is 8.50. The lowest BCUT2D eigenvalue weighted by molar-refractivity contribution is -0.122. The van der Waals surface area contributed by atoms with Gasteiger partial charge in [0.1, 0.15) is 11.5 Å². The molecule has 1 aliphatic carbocycles. The molecule has 0 saturated heterocycles. The van der Waals surface area contributed by atoms with Crippen molar-refractivity contribution in [2.24, 2.45) is 5.92 Å². The number of ether oxygens (including phenoxy) is 2. The molecule has 3 rings (SSSR count). The van der Waals surface area contributed by atoms with E-state index in [1.54, 1.807) is 44.6 Å².